The van der Waals surface area contributed by atoms with Crippen LogP contribution in [0.2, 0.25) is 5.02 Å². The average Bonchev–Trinajstić information content (AvgIpc) is 2.32. The van der Waals surface area contributed by atoms with E-state index < -0.39 is 5.97 Å². The molecule has 0 aliphatic carbocycles. The number of carbonyl (C=O) groups is 1. The monoisotopic (exact) mass is 250 g/mol. The molecular formula is C11H7ClN2O3. The lowest BCUT2D eigenvalue weighted by molar-refractivity contribution is 0.0696. The molecule has 0 atom stereocenters. The molecule has 5 nitrogen and oxygen atoms in total. The Kier molecular flexibility index (Phi) is 3.20. The standard InChI is InChI=1S/C11H7ClN2O3/c12-9-2-1-7(5-8(9)11(15)16)17-10-3-4-13-6-14-10/h1-6H,(H,15,16). The molecule has 0 bridgehead atoms. The predicted octanol–water partition coefficient (Wildman–Crippen LogP) is 2.62. The van der Waals surface area contributed by atoms with E-state index in [-0.39, 0.29) is 10.6 Å². The first-order chi connectivity index (χ1) is 8.16. The van der Waals surface area contributed by atoms with Gasteiger partial charge in [0, 0.05) is 12.3 Å². The maximum Gasteiger partial charge on any atom is 0.337 e. The van der Waals surface area contributed by atoms with Crippen LogP contribution in [0.5, 0.6) is 11.6 Å². The van der Waals surface area contributed by atoms with Crippen molar-refractivity contribution in [1.82, 2.24) is 9.97 Å². The van der Waals surface area contributed by atoms with Gasteiger partial charge in [-0.3, -0.25) is 0 Å². The number of aromatic nitrogens is 2. The number of hydrogen-bond acceptors (Lipinski definition) is 4. The molecule has 0 unspecified atom stereocenters. The molecule has 17 heavy (non-hydrogen) atoms. The molecule has 0 radical (unpaired) electrons. The zero-order valence-electron chi connectivity index (χ0n) is 8.50. The first-order valence-electron chi connectivity index (χ1n) is 4.63. The summed E-state index contributed by atoms with van der Waals surface area (Å²) < 4.78 is 5.35. The lowest BCUT2D eigenvalue weighted by atomic mass is 10.2. The third-order valence-corrected chi connectivity index (χ3v) is 2.28. The molecule has 2 rings (SSSR count). The quantitative estimate of drug-likeness (QED) is 0.907. The molecule has 0 amide bonds. The van der Waals surface area contributed by atoms with E-state index in [1.165, 1.54) is 24.7 Å². The van der Waals surface area contributed by atoms with Crippen molar-refractivity contribution in [2.24, 2.45) is 0 Å². The fourth-order valence-corrected chi connectivity index (χ4v) is 1.39. The molecule has 1 aromatic carbocycles. The lowest BCUT2D eigenvalue weighted by Gasteiger charge is -2.05. The summed E-state index contributed by atoms with van der Waals surface area (Å²) >= 11 is 5.73. The first kappa shape index (κ1) is 11.3. The van der Waals surface area contributed by atoms with Gasteiger partial charge in [-0.05, 0) is 18.2 Å². The number of halogens is 1. The topological polar surface area (TPSA) is 72.3 Å². The van der Waals surface area contributed by atoms with Crippen LogP contribution in [0.25, 0.3) is 0 Å². The molecule has 1 heterocycles. The van der Waals surface area contributed by atoms with Crippen molar-refractivity contribution >= 4 is 17.6 Å². The Hall–Kier alpha value is -2.14. The highest BCUT2D eigenvalue weighted by atomic mass is 35.5. The van der Waals surface area contributed by atoms with Crippen molar-refractivity contribution in [3.8, 4) is 11.6 Å². The molecule has 0 saturated carbocycles. The van der Waals surface area contributed by atoms with E-state index in [1.807, 2.05) is 0 Å². The Morgan fingerprint density at radius 1 is 1.35 bits per heavy atom. The Labute approximate surface area is 102 Å². The van der Waals surface area contributed by atoms with Crippen LogP contribution in [0, 0.1) is 0 Å². The van der Waals surface area contributed by atoms with Crippen LogP contribution in [-0.2, 0) is 0 Å². The van der Waals surface area contributed by atoms with Crippen molar-refractivity contribution in [1.29, 1.82) is 0 Å². The highest BCUT2D eigenvalue weighted by molar-refractivity contribution is 6.33. The van der Waals surface area contributed by atoms with Crippen molar-refractivity contribution in [2.45, 2.75) is 0 Å². The third kappa shape index (κ3) is 2.70. The van der Waals surface area contributed by atoms with Gasteiger partial charge in [-0.25, -0.2) is 14.8 Å². The fourth-order valence-electron chi connectivity index (χ4n) is 1.19. The summed E-state index contributed by atoms with van der Waals surface area (Å²) in [6.07, 6.45) is 2.86. The normalized spacial score (nSPS) is 9.94. The van der Waals surface area contributed by atoms with Gasteiger partial charge in [0.25, 0.3) is 0 Å². The van der Waals surface area contributed by atoms with E-state index in [4.69, 9.17) is 21.4 Å². The van der Waals surface area contributed by atoms with Crippen LogP contribution in [0.3, 0.4) is 0 Å². The largest absolute Gasteiger partial charge is 0.478 e. The van der Waals surface area contributed by atoms with Gasteiger partial charge < -0.3 is 9.84 Å². The number of rotatable bonds is 3. The van der Waals surface area contributed by atoms with Crippen molar-refractivity contribution in [2.75, 3.05) is 0 Å². The molecule has 0 saturated heterocycles. The summed E-state index contributed by atoms with van der Waals surface area (Å²) in [5.41, 5.74) is -0.0155. The van der Waals surface area contributed by atoms with E-state index >= 15 is 0 Å². The second-order valence-corrected chi connectivity index (χ2v) is 3.50. The maximum atomic E-state index is 10.9. The summed E-state index contributed by atoms with van der Waals surface area (Å²) in [4.78, 5) is 18.5. The van der Waals surface area contributed by atoms with Crippen LogP contribution >= 0.6 is 11.6 Å². The molecule has 86 valence electrons. The summed E-state index contributed by atoms with van der Waals surface area (Å²) in [5, 5.41) is 9.05. The third-order valence-electron chi connectivity index (χ3n) is 1.95. The van der Waals surface area contributed by atoms with Crippen LogP contribution in [0.1, 0.15) is 10.4 Å². The minimum atomic E-state index is -1.11. The molecule has 6 heteroatoms. The minimum absolute atomic E-state index is 0.0155. The second-order valence-electron chi connectivity index (χ2n) is 3.10. The van der Waals surface area contributed by atoms with E-state index in [2.05, 4.69) is 9.97 Å². The average molecular weight is 251 g/mol. The molecule has 0 aliphatic rings. The molecule has 1 N–H and O–H groups in total. The van der Waals surface area contributed by atoms with Gasteiger partial charge in [-0.15, -0.1) is 0 Å². The van der Waals surface area contributed by atoms with Gasteiger partial charge in [0.15, 0.2) is 0 Å². The van der Waals surface area contributed by atoms with E-state index in [0.717, 1.165) is 0 Å². The van der Waals surface area contributed by atoms with Crippen LogP contribution in [-0.4, -0.2) is 21.0 Å². The van der Waals surface area contributed by atoms with Gasteiger partial charge in [-0.2, -0.15) is 0 Å². The van der Waals surface area contributed by atoms with Crippen LogP contribution in [0.15, 0.2) is 36.8 Å². The van der Waals surface area contributed by atoms with E-state index in [9.17, 15) is 4.79 Å². The van der Waals surface area contributed by atoms with Gasteiger partial charge in [0.2, 0.25) is 5.88 Å². The fraction of sp³-hybridized carbons (Fsp3) is 0. The predicted molar refractivity (Wildman–Crippen MR) is 60.5 cm³/mol. The summed E-state index contributed by atoms with van der Waals surface area (Å²) in [6, 6.07) is 5.93. The highest BCUT2D eigenvalue weighted by Gasteiger charge is 2.10. The Balaban J connectivity index is 2.29. The summed E-state index contributed by atoms with van der Waals surface area (Å²) in [7, 11) is 0. The zero-order valence-corrected chi connectivity index (χ0v) is 9.26. The number of nitrogens with zero attached hydrogens (tertiary/aromatic N) is 2. The number of ether oxygens (including phenoxy) is 1. The summed E-state index contributed by atoms with van der Waals surface area (Å²) in [6.45, 7) is 0. The maximum absolute atomic E-state index is 10.9. The number of carboxylic acid groups (broad SMARTS) is 1. The zero-order chi connectivity index (χ0) is 12.3. The Morgan fingerprint density at radius 2 is 2.18 bits per heavy atom. The molecule has 0 fully saturated rings. The van der Waals surface area contributed by atoms with Crippen LogP contribution in [0.4, 0.5) is 0 Å². The van der Waals surface area contributed by atoms with Gasteiger partial charge in [0.1, 0.15) is 12.1 Å². The smallest absolute Gasteiger partial charge is 0.337 e. The number of hydrogen-bond donors (Lipinski definition) is 1. The van der Waals surface area contributed by atoms with Crippen molar-refractivity contribution in [3.63, 3.8) is 0 Å². The number of carboxylic acids is 1. The van der Waals surface area contributed by atoms with Crippen LogP contribution < -0.4 is 4.74 Å². The minimum Gasteiger partial charge on any atom is -0.478 e. The van der Waals surface area contributed by atoms with Gasteiger partial charge >= 0.3 is 5.97 Å². The number of aromatic carboxylic acids is 1. The summed E-state index contributed by atoms with van der Waals surface area (Å²) in [5.74, 6) is -0.424. The Bertz CT molecular complexity index is 546. The first-order valence-corrected chi connectivity index (χ1v) is 5.01. The van der Waals surface area contributed by atoms with Crippen molar-refractivity contribution < 1.29 is 14.6 Å². The van der Waals surface area contributed by atoms with Gasteiger partial charge in [-0.1, -0.05) is 11.6 Å². The highest BCUT2D eigenvalue weighted by Crippen LogP contribution is 2.25. The molecule has 0 aliphatic heterocycles. The van der Waals surface area contributed by atoms with Gasteiger partial charge in [0.05, 0.1) is 10.6 Å². The number of benzene rings is 1. The molecule has 0 spiro atoms. The Morgan fingerprint density at radius 3 is 2.82 bits per heavy atom. The SMILES string of the molecule is O=C(O)c1cc(Oc2ccncn2)ccc1Cl. The van der Waals surface area contributed by atoms with E-state index in [1.54, 1.807) is 12.1 Å². The second kappa shape index (κ2) is 4.80. The van der Waals surface area contributed by atoms with Crippen molar-refractivity contribution in [3.05, 3.63) is 47.4 Å². The molecular weight excluding hydrogens is 244 g/mol. The van der Waals surface area contributed by atoms with E-state index in [0.29, 0.717) is 11.6 Å². The molecule has 2 aromatic rings. The molecule has 1 aromatic heterocycles. The lowest BCUT2D eigenvalue weighted by Crippen LogP contribution is -1.98.